The molecule has 1 amide bonds. The fourth-order valence-corrected chi connectivity index (χ4v) is 3.32. The van der Waals surface area contributed by atoms with Gasteiger partial charge in [-0.15, -0.1) is 0 Å². The predicted molar refractivity (Wildman–Crippen MR) is 101 cm³/mol. The van der Waals surface area contributed by atoms with E-state index in [4.69, 9.17) is 0 Å². The summed E-state index contributed by atoms with van der Waals surface area (Å²) in [5.74, 6) is -0.306. The molecule has 0 aliphatic heterocycles. The highest BCUT2D eigenvalue weighted by atomic mass is 32.2. The number of carbonyl (C=O) groups excluding carboxylic acids is 1. The van der Waals surface area contributed by atoms with Crippen molar-refractivity contribution in [2.24, 2.45) is 0 Å². The Morgan fingerprint density at radius 3 is 2.08 bits per heavy atom. The van der Waals surface area contributed by atoms with Crippen LogP contribution in [-0.2, 0) is 10.0 Å². The second-order valence-electron chi connectivity index (χ2n) is 5.69. The number of nitrogens with one attached hydrogen (secondary N) is 2. The van der Waals surface area contributed by atoms with Gasteiger partial charge in [-0.2, -0.15) is 0 Å². The molecule has 3 aromatic rings. The molecule has 2 aromatic carbocycles. The molecule has 6 nitrogen and oxygen atoms in total. The lowest BCUT2D eigenvalue weighted by Gasteiger charge is -2.09. The van der Waals surface area contributed by atoms with Crippen LogP contribution in [-0.4, -0.2) is 19.3 Å². The van der Waals surface area contributed by atoms with Crippen molar-refractivity contribution in [1.29, 1.82) is 0 Å². The second-order valence-corrected chi connectivity index (χ2v) is 7.37. The maximum absolute atomic E-state index is 12.4. The highest BCUT2D eigenvalue weighted by Crippen LogP contribution is 2.17. The molecule has 0 fully saturated rings. The number of hydrogen-bond donors (Lipinski definition) is 2. The van der Waals surface area contributed by atoms with Crippen LogP contribution in [0.2, 0.25) is 0 Å². The lowest BCUT2D eigenvalue weighted by atomic mass is 10.2. The summed E-state index contributed by atoms with van der Waals surface area (Å²) >= 11 is 0. The van der Waals surface area contributed by atoms with Crippen molar-refractivity contribution < 1.29 is 13.2 Å². The number of pyridine rings is 1. The average Bonchev–Trinajstić information content (AvgIpc) is 2.64. The largest absolute Gasteiger partial charge is 0.322 e. The summed E-state index contributed by atoms with van der Waals surface area (Å²) in [6.45, 7) is 1.96. The maximum atomic E-state index is 12.4. The van der Waals surface area contributed by atoms with Gasteiger partial charge >= 0.3 is 0 Å². The predicted octanol–water partition coefficient (Wildman–Crippen LogP) is 3.44. The van der Waals surface area contributed by atoms with Gasteiger partial charge in [-0.25, -0.2) is 8.42 Å². The smallest absolute Gasteiger partial charge is 0.261 e. The number of nitrogens with zero attached hydrogens (tertiary/aromatic N) is 1. The molecule has 0 spiro atoms. The summed E-state index contributed by atoms with van der Waals surface area (Å²) in [5, 5.41) is 2.77. The van der Waals surface area contributed by atoms with E-state index in [1.807, 2.05) is 31.2 Å². The van der Waals surface area contributed by atoms with E-state index in [-0.39, 0.29) is 10.8 Å². The quantitative estimate of drug-likeness (QED) is 0.723. The van der Waals surface area contributed by atoms with Gasteiger partial charge in [0.1, 0.15) is 0 Å². The van der Waals surface area contributed by atoms with Crippen molar-refractivity contribution in [2.45, 2.75) is 11.8 Å². The number of aromatic nitrogens is 1. The van der Waals surface area contributed by atoms with E-state index in [9.17, 15) is 13.2 Å². The summed E-state index contributed by atoms with van der Waals surface area (Å²) in [6.07, 6.45) is 2.99. The van der Waals surface area contributed by atoms with Crippen molar-refractivity contribution >= 4 is 27.3 Å². The van der Waals surface area contributed by atoms with E-state index in [1.54, 1.807) is 12.1 Å². The first-order valence-corrected chi connectivity index (χ1v) is 9.33. The Balaban J connectivity index is 1.73. The molecule has 0 saturated carbocycles. The van der Waals surface area contributed by atoms with Gasteiger partial charge in [-0.05, 0) is 55.5 Å². The summed E-state index contributed by atoms with van der Waals surface area (Å²) in [4.78, 5) is 16.2. The molecule has 0 atom stereocenters. The monoisotopic (exact) mass is 367 g/mol. The van der Waals surface area contributed by atoms with Crippen molar-refractivity contribution in [3.8, 4) is 0 Å². The molecule has 3 rings (SSSR count). The molecule has 0 aliphatic rings. The van der Waals surface area contributed by atoms with Crippen LogP contribution in [0.3, 0.4) is 0 Å². The van der Waals surface area contributed by atoms with Crippen molar-refractivity contribution in [2.75, 3.05) is 10.0 Å². The first kappa shape index (κ1) is 17.6. The molecule has 1 heterocycles. The molecular formula is C19H17N3O3S. The number of aryl methyl sites for hydroxylation is 1. The van der Waals surface area contributed by atoms with Crippen LogP contribution in [0.4, 0.5) is 11.4 Å². The second kappa shape index (κ2) is 7.37. The number of benzene rings is 2. The third-order valence-corrected chi connectivity index (χ3v) is 5.07. The average molecular weight is 367 g/mol. The molecular weight excluding hydrogens is 350 g/mol. The summed E-state index contributed by atoms with van der Waals surface area (Å²) in [6, 6.07) is 16.3. The summed E-state index contributed by atoms with van der Waals surface area (Å²) in [7, 11) is -3.73. The molecule has 0 radical (unpaired) electrons. The van der Waals surface area contributed by atoms with Gasteiger partial charge in [0, 0.05) is 23.6 Å². The number of hydrogen-bond acceptors (Lipinski definition) is 4. The zero-order valence-electron chi connectivity index (χ0n) is 14.0. The third kappa shape index (κ3) is 4.25. The van der Waals surface area contributed by atoms with Crippen LogP contribution >= 0.6 is 0 Å². The summed E-state index contributed by atoms with van der Waals surface area (Å²) < 4.78 is 27.2. The van der Waals surface area contributed by atoms with Crippen LogP contribution in [0.25, 0.3) is 0 Å². The number of amides is 1. The van der Waals surface area contributed by atoms with Gasteiger partial charge in [-0.1, -0.05) is 17.7 Å². The van der Waals surface area contributed by atoms with Crippen LogP contribution in [0.15, 0.2) is 78.0 Å². The minimum Gasteiger partial charge on any atom is -0.322 e. The van der Waals surface area contributed by atoms with Gasteiger partial charge in [0.05, 0.1) is 10.6 Å². The Bertz CT molecular complexity index is 1000. The van der Waals surface area contributed by atoms with E-state index >= 15 is 0 Å². The van der Waals surface area contributed by atoms with Gasteiger partial charge in [0.2, 0.25) is 0 Å². The normalized spacial score (nSPS) is 11.0. The van der Waals surface area contributed by atoms with E-state index in [0.29, 0.717) is 16.9 Å². The first-order chi connectivity index (χ1) is 12.4. The van der Waals surface area contributed by atoms with E-state index in [0.717, 1.165) is 5.56 Å². The number of carbonyl (C=O) groups is 1. The molecule has 1 aromatic heterocycles. The SMILES string of the molecule is Cc1ccc(NC(=O)c2ccc(S(=O)(=O)Nc3ccncc3)cc2)cc1. The number of rotatable bonds is 5. The van der Waals surface area contributed by atoms with Crippen LogP contribution in [0.1, 0.15) is 15.9 Å². The zero-order valence-corrected chi connectivity index (χ0v) is 14.8. The Morgan fingerprint density at radius 1 is 0.846 bits per heavy atom. The van der Waals surface area contributed by atoms with Crippen molar-refractivity contribution in [3.63, 3.8) is 0 Å². The lowest BCUT2D eigenvalue weighted by molar-refractivity contribution is 0.102. The number of sulfonamides is 1. The minimum atomic E-state index is -3.73. The van der Waals surface area contributed by atoms with Crippen molar-refractivity contribution in [3.05, 3.63) is 84.2 Å². The van der Waals surface area contributed by atoms with Gasteiger partial charge in [0.15, 0.2) is 0 Å². The summed E-state index contributed by atoms with van der Waals surface area (Å²) in [5.41, 5.74) is 2.56. The fraction of sp³-hybridized carbons (Fsp3) is 0.0526. The van der Waals surface area contributed by atoms with Gasteiger partial charge in [0.25, 0.3) is 15.9 Å². The lowest BCUT2D eigenvalue weighted by Crippen LogP contribution is -2.14. The Hall–Kier alpha value is -3.19. The van der Waals surface area contributed by atoms with E-state index in [1.165, 1.54) is 36.7 Å². The zero-order chi connectivity index (χ0) is 18.6. The van der Waals surface area contributed by atoms with Crippen LogP contribution < -0.4 is 10.0 Å². The topological polar surface area (TPSA) is 88.2 Å². The van der Waals surface area contributed by atoms with E-state index < -0.39 is 10.0 Å². The van der Waals surface area contributed by atoms with Crippen LogP contribution in [0, 0.1) is 6.92 Å². The first-order valence-electron chi connectivity index (χ1n) is 7.85. The maximum Gasteiger partial charge on any atom is 0.261 e. The molecule has 0 bridgehead atoms. The minimum absolute atomic E-state index is 0.0706. The Morgan fingerprint density at radius 2 is 1.46 bits per heavy atom. The molecule has 132 valence electrons. The fourth-order valence-electron chi connectivity index (χ4n) is 2.26. The molecule has 26 heavy (non-hydrogen) atoms. The Labute approximate surface area is 152 Å². The van der Waals surface area contributed by atoms with Crippen molar-refractivity contribution in [1.82, 2.24) is 4.98 Å². The molecule has 0 unspecified atom stereocenters. The standard InChI is InChI=1S/C19H17N3O3S/c1-14-2-6-16(7-3-14)21-19(23)15-4-8-18(9-5-15)26(24,25)22-17-10-12-20-13-11-17/h2-13H,1H3,(H,20,22)(H,21,23). The molecule has 0 aliphatic carbocycles. The van der Waals surface area contributed by atoms with Gasteiger partial charge in [-0.3, -0.25) is 14.5 Å². The highest BCUT2D eigenvalue weighted by molar-refractivity contribution is 7.92. The Kier molecular flexibility index (Phi) is 4.99. The third-order valence-electron chi connectivity index (χ3n) is 3.67. The van der Waals surface area contributed by atoms with Crippen LogP contribution in [0.5, 0.6) is 0 Å². The van der Waals surface area contributed by atoms with E-state index in [2.05, 4.69) is 15.0 Å². The molecule has 0 saturated heterocycles. The molecule has 2 N–H and O–H groups in total. The highest BCUT2D eigenvalue weighted by Gasteiger charge is 2.15. The molecule has 7 heteroatoms. The van der Waals surface area contributed by atoms with Gasteiger partial charge < -0.3 is 5.32 Å². The number of anilines is 2.